The molecule has 0 radical (unpaired) electrons. The van der Waals surface area contributed by atoms with Crippen molar-refractivity contribution in [2.75, 3.05) is 6.61 Å². The Morgan fingerprint density at radius 3 is 1.56 bits per heavy atom. The van der Waals surface area contributed by atoms with E-state index in [1.807, 2.05) is 48.6 Å². The number of rotatable bonds is 54. The third-order valence-electron chi connectivity index (χ3n) is 18.7. The topological polar surface area (TPSA) is 507 Å². The fourth-order valence-electron chi connectivity index (χ4n) is 12.2. The van der Waals surface area contributed by atoms with Gasteiger partial charge in [-0.15, -0.1) is 0 Å². The zero-order chi connectivity index (χ0) is 75.9. The highest BCUT2D eigenvalue weighted by Gasteiger charge is 2.47. The molecule has 2 aliphatic rings. The number of ether oxygens (including phenoxy) is 2. The maximum atomic E-state index is 11.2. The van der Waals surface area contributed by atoms with Crippen molar-refractivity contribution in [3.8, 4) is 0 Å². The van der Waals surface area contributed by atoms with Gasteiger partial charge in [0.05, 0.1) is 92.1 Å². The quantitative estimate of drug-likeness (QED) is 0.0178. The van der Waals surface area contributed by atoms with Gasteiger partial charge < -0.3 is 117 Å². The van der Waals surface area contributed by atoms with Crippen LogP contribution in [0.2, 0.25) is 0 Å². The molecule has 101 heavy (non-hydrogen) atoms. The standard InChI is InChI=1S/C73H126O27S/c1-6-7-8-9-10-11-12-13-14-15-16-17-18-19-32-56(81)67(90)72-70(93)61(86)43-63(99-72)71(94)66(89)47(4)35-38-55(80)62-42-60(85)69(92)73(98-62)68(91)57(82)39-45(2)33-36-53(79)41-59(84)65(88)48(5)40-58(83)64(87)46(3)34-37-52(78)29-22-28-50(76)25-20-24-49(75)26-21-27-51(77)30-23-31-54(44-74)100-101(95,96)97/h6-8,11-16,19,23,30,32,39,46,48-94H,1,4,9-10,17-18,20-22,24-29,31,33-38,40-44H2,2-3,5H3,(H,95,96,97). The van der Waals surface area contributed by atoms with Crippen LogP contribution in [0.5, 0.6) is 0 Å². The smallest absolute Gasteiger partial charge is 0.394 e. The van der Waals surface area contributed by atoms with Crippen LogP contribution in [-0.4, -0.2) is 279 Å². The molecule has 28 heteroatoms. The van der Waals surface area contributed by atoms with Crippen LogP contribution >= 0.6 is 0 Å². The molecule has 0 aromatic heterocycles. The van der Waals surface area contributed by atoms with E-state index in [1.54, 1.807) is 32.9 Å². The molecule has 2 fully saturated rings. The van der Waals surface area contributed by atoms with E-state index in [0.717, 1.165) is 12.8 Å². The molecule has 0 spiro atoms. The Labute approximate surface area is 597 Å². The van der Waals surface area contributed by atoms with Gasteiger partial charge in [-0.2, -0.15) is 8.42 Å². The van der Waals surface area contributed by atoms with Crippen LogP contribution in [0.1, 0.15) is 175 Å². The molecule has 0 saturated carbocycles. The van der Waals surface area contributed by atoms with Gasteiger partial charge in [0.15, 0.2) is 0 Å². The first kappa shape index (κ1) is 93.7. The summed E-state index contributed by atoms with van der Waals surface area (Å²) in [6.45, 7) is 11.7. The van der Waals surface area contributed by atoms with E-state index in [9.17, 15) is 111 Å². The fraction of sp³-hybridized carbons (Fsp3) is 0.753. The van der Waals surface area contributed by atoms with Crippen molar-refractivity contribution in [3.05, 3.63) is 109 Å². The molecule has 27 unspecified atom stereocenters. The highest BCUT2D eigenvalue weighted by molar-refractivity contribution is 7.80. The summed E-state index contributed by atoms with van der Waals surface area (Å²) in [5.74, 6) is -1.20. The molecule has 2 aliphatic heterocycles. The predicted molar refractivity (Wildman–Crippen MR) is 378 cm³/mol. The highest BCUT2D eigenvalue weighted by Crippen LogP contribution is 2.32. The van der Waals surface area contributed by atoms with Crippen molar-refractivity contribution in [1.29, 1.82) is 0 Å². The Hall–Kier alpha value is -3.39. The van der Waals surface area contributed by atoms with Crippen molar-refractivity contribution in [3.63, 3.8) is 0 Å². The lowest BCUT2D eigenvalue weighted by Crippen LogP contribution is -2.59. The number of hydrogen-bond acceptors (Lipinski definition) is 26. The zero-order valence-electron chi connectivity index (χ0n) is 59.1. The highest BCUT2D eigenvalue weighted by atomic mass is 32.3. The Kier molecular flexibility index (Phi) is 47.3. The summed E-state index contributed by atoms with van der Waals surface area (Å²) in [6, 6.07) is 0. The second kappa shape index (κ2) is 51.0. The number of unbranched alkanes of at least 4 members (excludes halogenated alkanes) is 2. The minimum atomic E-state index is -4.73. The van der Waals surface area contributed by atoms with Gasteiger partial charge in [-0.05, 0) is 159 Å². The average Bonchev–Trinajstić information content (AvgIpc) is 0.819. The maximum absolute atomic E-state index is 11.2. The first-order chi connectivity index (χ1) is 47.6. The van der Waals surface area contributed by atoms with E-state index in [-0.39, 0.29) is 63.4 Å². The molecule has 0 bridgehead atoms. The summed E-state index contributed by atoms with van der Waals surface area (Å²) in [6.07, 6.45) is -4.02. The number of hydrogen-bond donors (Lipinski definition) is 22. The van der Waals surface area contributed by atoms with Gasteiger partial charge in [-0.3, -0.25) is 4.55 Å². The molecule has 22 N–H and O–H groups in total. The normalized spacial score (nSPS) is 26.5. The van der Waals surface area contributed by atoms with Gasteiger partial charge in [-0.25, -0.2) is 4.18 Å². The second-order valence-electron chi connectivity index (χ2n) is 27.7. The van der Waals surface area contributed by atoms with Crippen LogP contribution in [0.15, 0.2) is 109 Å². The van der Waals surface area contributed by atoms with Crippen molar-refractivity contribution in [2.45, 2.75) is 327 Å². The molecule has 0 aromatic carbocycles. The molecule has 586 valence electrons. The van der Waals surface area contributed by atoms with Gasteiger partial charge >= 0.3 is 10.4 Å². The van der Waals surface area contributed by atoms with E-state index in [1.165, 1.54) is 24.3 Å². The van der Waals surface area contributed by atoms with Crippen LogP contribution < -0.4 is 0 Å². The minimum absolute atomic E-state index is 0.00456. The molecule has 2 rings (SSSR count). The third kappa shape index (κ3) is 38.1. The van der Waals surface area contributed by atoms with Crippen molar-refractivity contribution >= 4 is 10.4 Å². The summed E-state index contributed by atoms with van der Waals surface area (Å²) in [5.41, 5.74) is 0.452. The van der Waals surface area contributed by atoms with E-state index in [0.29, 0.717) is 89.0 Å². The van der Waals surface area contributed by atoms with Crippen molar-refractivity contribution in [2.24, 2.45) is 11.8 Å². The minimum Gasteiger partial charge on any atom is -0.394 e. The first-order valence-corrected chi connectivity index (χ1v) is 37.1. The van der Waals surface area contributed by atoms with E-state index in [2.05, 4.69) is 17.3 Å². The molecular weight excluding hydrogens is 1340 g/mol. The molecule has 27 nitrogen and oxygen atoms in total. The first-order valence-electron chi connectivity index (χ1n) is 35.7. The van der Waals surface area contributed by atoms with E-state index >= 15 is 0 Å². The molecule has 0 aromatic rings. The van der Waals surface area contributed by atoms with Gasteiger partial charge in [0.1, 0.15) is 67.1 Å². The average molecular weight is 1470 g/mol. The predicted octanol–water partition coefficient (Wildman–Crippen LogP) is 1.58. The van der Waals surface area contributed by atoms with Crippen LogP contribution in [0.25, 0.3) is 0 Å². The molecule has 2 heterocycles. The number of allylic oxidation sites excluding steroid dienone is 11. The molecule has 27 atom stereocenters. The number of aliphatic hydroxyl groups excluding tert-OH is 21. The van der Waals surface area contributed by atoms with Crippen LogP contribution in [0.3, 0.4) is 0 Å². The monoisotopic (exact) mass is 1470 g/mol. The molecule has 2 saturated heterocycles. The zero-order valence-corrected chi connectivity index (χ0v) is 59.9. The van der Waals surface area contributed by atoms with Crippen LogP contribution in [-0.2, 0) is 24.1 Å². The van der Waals surface area contributed by atoms with Crippen LogP contribution in [0, 0.1) is 11.8 Å². The molecular formula is C73H126O27S. The third-order valence-corrected chi connectivity index (χ3v) is 19.3. The summed E-state index contributed by atoms with van der Waals surface area (Å²) in [4.78, 5) is 0. The lowest BCUT2D eigenvalue weighted by Gasteiger charge is -2.42. The van der Waals surface area contributed by atoms with Crippen molar-refractivity contribution < 1.29 is 134 Å². The second-order valence-corrected chi connectivity index (χ2v) is 28.7. The Bertz CT molecular complexity index is 2570. The van der Waals surface area contributed by atoms with Gasteiger partial charge in [0.2, 0.25) is 0 Å². The summed E-state index contributed by atoms with van der Waals surface area (Å²) < 4.78 is 46.3. The van der Waals surface area contributed by atoms with Crippen LogP contribution in [0.4, 0.5) is 0 Å². The lowest BCUT2D eigenvalue weighted by atomic mass is 9.85. The van der Waals surface area contributed by atoms with Crippen molar-refractivity contribution in [1.82, 2.24) is 0 Å². The van der Waals surface area contributed by atoms with Gasteiger partial charge in [0, 0.05) is 19.3 Å². The summed E-state index contributed by atoms with van der Waals surface area (Å²) >= 11 is 0. The molecule has 0 aliphatic carbocycles. The summed E-state index contributed by atoms with van der Waals surface area (Å²) in [7, 11) is -4.73. The maximum Gasteiger partial charge on any atom is 0.397 e. The van der Waals surface area contributed by atoms with E-state index in [4.69, 9.17) is 19.1 Å². The fourth-order valence-corrected chi connectivity index (χ4v) is 12.7. The Morgan fingerprint density at radius 1 is 0.535 bits per heavy atom. The Morgan fingerprint density at radius 2 is 1.02 bits per heavy atom. The van der Waals surface area contributed by atoms with Gasteiger partial charge in [0.25, 0.3) is 0 Å². The van der Waals surface area contributed by atoms with E-state index < -0.39 is 181 Å². The van der Waals surface area contributed by atoms with Gasteiger partial charge in [-0.1, -0.05) is 118 Å². The largest absolute Gasteiger partial charge is 0.397 e. The SMILES string of the molecule is C=CC=CCCC=CC=CC=CCCC=CC(O)C(O)C1OC(C(O)C(O)C(=C)CCC(O)C2CC(O)C(O)C(C(O)C(O)C=C(C)CCC(O)CC(O)C(O)C(C)CC(O)C(O)C(C)CCC(O)CCCC(O)CCCC(O)CCCC(O)C=CCC(CO)OS(=O)(=O)O)O2)CC(O)C1O. The number of aliphatic hydroxyl groups is 21. The summed E-state index contributed by atoms with van der Waals surface area (Å²) in [5, 5.41) is 226. The lowest BCUT2D eigenvalue weighted by molar-refractivity contribution is -0.234. The molecule has 0 amide bonds. The Balaban J connectivity index is 1.76.